The lowest BCUT2D eigenvalue weighted by Gasteiger charge is -2.26. The standard InChI is InChI=1S/C23H30N6O/c1-16-18(13-25-28(16)4)15-29-11-7-10-21(29)22-20(14-24-23(26-22)27(2)3)17-8-6-9-19(12-17)30-5/h6,8-9,12-14,21H,7,10-11,15H2,1-5H3/t21-/m0/s1. The van der Waals surface area contributed by atoms with Gasteiger partial charge in [0.05, 0.1) is 25.0 Å². The van der Waals surface area contributed by atoms with Crippen LogP contribution in [-0.4, -0.2) is 52.4 Å². The van der Waals surface area contributed by atoms with Gasteiger partial charge in [0.15, 0.2) is 0 Å². The van der Waals surface area contributed by atoms with E-state index in [1.165, 1.54) is 11.3 Å². The minimum absolute atomic E-state index is 0.243. The number of methoxy groups -OCH3 is 1. The predicted octanol–water partition coefficient (Wildman–Crippen LogP) is 3.60. The molecule has 4 rings (SSSR count). The van der Waals surface area contributed by atoms with Crippen LogP contribution in [0.1, 0.15) is 35.8 Å². The SMILES string of the molecule is COc1cccc(-c2cnc(N(C)C)nc2[C@@H]2CCCN2Cc2cnn(C)c2C)c1. The highest BCUT2D eigenvalue weighted by Gasteiger charge is 2.31. The second-order valence-corrected chi connectivity index (χ2v) is 8.10. The van der Waals surface area contributed by atoms with Crippen molar-refractivity contribution < 1.29 is 4.74 Å². The molecule has 1 aliphatic rings. The number of nitrogens with zero attached hydrogens (tertiary/aromatic N) is 6. The fourth-order valence-corrected chi connectivity index (χ4v) is 4.11. The van der Waals surface area contributed by atoms with Gasteiger partial charge in [-0.25, -0.2) is 9.97 Å². The van der Waals surface area contributed by atoms with Gasteiger partial charge < -0.3 is 9.64 Å². The smallest absolute Gasteiger partial charge is 0.225 e. The van der Waals surface area contributed by atoms with E-state index in [1.807, 2.05) is 55.3 Å². The van der Waals surface area contributed by atoms with Crippen molar-refractivity contribution in [1.82, 2.24) is 24.6 Å². The maximum absolute atomic E-state index is 5.45. The molecule has 1 atom stereocenters. The first-order chi connectivity index (χ1) is 14.5. The second kappa shape index (κ2) is 8.44. The first kappa shape index (κ1) is 20.3. The average molecular weight is 407 g/mol. The molecule has 1 aromatic carbocycles. The second-order valence-electron chi connectivity index (χ2n) is 8.10. The molecule has 7 heteroatoms. The zero-order valence-corrected chi connectivity index (χ0v) is 18.5. The summed E-state index contributed by atoms with van der Waals surface area (Å²) in [5.41, 5.74) is 5.72. The van der Waals surface area contributed by atoms with Crippen LogP contribution >= 0.6 is 0 Å². The summed E-state index contributed by atoms with van der Waals surface area (Å²) in [5, 5.41) is 4.42. The van der Waals surface area contributed by atoms with Gasteiger partial charge in [-0.15, -0.1) is 0 Å². The van der Waals surface area contributed by atoms with Gasteiger partial charge in [-0.05, 0) is 44.0 Å². The molecule has 1 aliphatic heterocycles. The number of benzene rings is 1. The van der Waals surface area contributed by atoms with Crippen LogP contribution in [0.15, 0.2) is 36.7 Å². The maximum Gasteiger partial charge on any atom is 0.225 e. The Morgan fingerprint density at radius 3 is 2.77 bits per heavy atom. The minimum atomic E-state index is 0.243. The molecule has 3 heterocycles. The Bertz CT molecular complexity index is 1030. The van der Waals surface area contributed by atoms with Crippen LogP contribution in [-0.2, 0) is 13.6 Å². The number of rotatable bonds is 6. The number of ether oxygens (including phenoxy) is 1. The van der Waals surface area contributed by atoms with Gasteiger partial charge in [0.25, 0.3) is 0 Å². The van der Waals surface area contributed by atoms with Crippen molar-refractivity contribution in [3.8, 4) is 16.9 Å². The third kappa shape index (κ3) is 3.89. The molecule has 158 valence electrons. The van der Waals surface area contributed by atoms with E-state index < -0.39 is 0 Å². The molecular weight excluding hydrogens is 376 g/mol. The maximum atomic E-state index is 5.45. The molecular formula is C23H30N6O. The van der Waals surface area contributed by atoms with E-state index in [4.69, 9.17) is 9.72 Å². The summed E-state index contributed by atoms with van der Waals surface area (Å²) in [7, 11) is 7.65. The number of aromatic nitrogens is 4. The van der Waals surface area contributed by atoms with Crippen LogP contribution < -0.4 is 9.64 Å². The molecule has 0 bridgehead atoms. The molecule has 3 aromatic rings. The van der Waals surface area contributed by atoms with E-state index in [9.17, 15) is 0 Å². The van der Waals surface area contributed by atoms with Crippen LogP contribution in [0.3, 0.4) is 0 Å². The Morgan fingerprint density at radius 2 is 2.07 bits per heavy atom. The van der Waals surface area contributed by atoms with Crippen molar-refractivity contribution in [2.75, 3.05) is 32.6 Å². The molecule has 7 nitrogen and oxygen atoms in total. The summed E-state index contributed by atoms with van der Waals surface area (Å²) in [4.78, 5) is 14.1. The molecule has 30 heavy (non-hydrogen) atoms. The number of hydrogen-bond acceptors (Lipinski definition) is 6. The van der Waals surface area contributed by atoms with Gasteiger partial charge in [-0.3, -0.25) is 9.58 Å². The molecule has 0 spiro atoms. The fraction of sp³-hybridized carbons (Fsp3) is 0.435. The van der Waals surface area contributed by atoms with Gasteiger partial charge in [-0.1, -0.05) is 12.1 Å². The van der Waals surface area contributed by atoms with Gasteiger partial charge in [0.1, 0.15) is 5.75 Å². The Labute approximate surface area is 178 Å². The first-order valence-electron chi connectivity index (χ1n) is 10.4. The topological polar surface area (TPSA) is 59.3 Å². The zero-order chi connectivity index (χ0) is 21.3. The number of likely N-dealkylation sites (tertiary alicyclic amines) is 1. The Kier molecular flexibility index (Phi) is 5.72. The van der Waals surface area contributed by atoms with Crippen molar-refractivity contribution in [3.05, 3.63) is 53.6 Å². The summed E-state index contributed by atoms with van der Waals surface area (Å²) >= 11 is 0. The molecule has 0 N–H and O–H groups in total. The van der Waals surface area contributed by atoms with Crippen LogP contribution in [0.25, 0.3) is 11.1 Å². The summed E-state index contributed by atoms with van der Waals surface area (Å²) < 4.78 is 7.39. The monoisotopic (exact) mass is 406 g/mol. The number of anilines is 1. The molecule has 0 unspecified atom stereocenters. The van der Waals surface area contributed by atoms with Crippen LogP contribution in [0, 0.1) is 6.92 Å². The van der Waals surface area contributed by atoms with Crippen molar-refractivity contribution in [1.29, 1.82) is 0 Å². The molecule has 2 aromatic heterocycles. The van der Waals surface area contributed by atoms with E-state index in [0.717, 1.165) is 54.4 Å². The molecule has 1 fully saturated rings. The lowest BCUT2D eigenvalue weighted by molar-refractivity contribution is 0.244. The van der Waals surface area contributed by atoms with Crippen molar-refractivity contribution in [2.24, 2.45) is 7.05 Å². The highest BCUT2D eigenvalue weighted by molar-refractivity contribution is 5.68. The van der Waals surface area contributed by atoms with E-state index in [2.05, 4.69) is 34.0 Å². The lowest BCUT2D eigenvalue weighted by Crippen LogP contribution is -2.25. The summed E-state index contributed by atoms with van der Waals surface area (Å²) in [6.07, 6.45) is 6.18. The van der Waals surface area contributed by atoms with Crippen molar-refractivity contribution in [3.63, 3.8) is 0 Å². The fourth-order valence-electron chi connectivity index (χ4n) is 4.11. The normalized spacial score (nSPS) is 16.8. The van der Waals surface area contributed by atoms with E-state index >= 15 is 0 Å². The quantitative estimate of drug-likeness (QED) is 0.623. The largest absolute Gasteiger partial charge is 0.497 e. The van der Waals surface area contributed by atoms with E-state index in [-0.39, 0.29) is 6.04 Å². The number of aryl methyl sites for hydroxylation is 1. The van der Waals surface area contributed by atoms with Gasteiger partial charge in [0.2, 0.25) is 5.95 Å². The van der Waals surface area contributed by atoms with Gasteiger partial charge >= 0.3 is 0 Å². The third-order valence-corrected chi connectivity index (χ3v) is 5.98. The average Bonchev–Trinajstić information content (AvgIpc) is 3.35. The van der Waals surface area contributed by atoms with Gasteiger partial charge in [0, 0.05) is 50.7 Å². The van der Waals surface area contributed by atoms with Gasteiger partial charge in [-0.2, -0.15) is 5.10 Å². The first-order valence-corrected chi connectivity index (χ1v) is 10.4. The zero-order valence-electron chi connectivity index (χ0n) is 18.5. The summed E-state index contributed by atoms with van der Waals surface area (Å²) in [6, 6.07) is 8.38. The van der Waals surface area contributed by atoms with E-state index in [0.29, 0.717) is 0 Å². The Morgan fingerprint density at radius 1 is 1.23 bits per heavy atom. The molecule has 0 aliphatic carbocycles. The molecule has 0 saturated carbocycles. The summed E-state index contributed by atoms with van der Waals surface area (Å²) in [5.74, 6) is 1.57. The van der Waals surface area contributed by atoms with E-state index in [1.54, 1.807) is 7.11 Å². The summed E-state index contributed by atoms with van der Waals surface area (Å²) in [6.45, 7) is 4.06. The van der Waals surface area contributed by atoms with Crippen LogP contribution in [0.5, 0.6) is 5.75 Å². The highest BCUT2D eigenvalue weighted by Crippen LogP contribution is 2.38. The molecule has 1 saturated heterocycles. The van der Waals surface area contributed by atoms with Crippen molar-refractivity contribution >= 4 is 5.95 Å². The minimum Gasteiger partial charge on any atom is -0.497 e. The van der Waals surface area contributed by atoms with Crippen LogP contribution in [0.4, 0.5) is 5.95 Å². The third-order valence-electron chi connectivity index (χ3n) is 5.98. The Balaban J connectivity index is 1.75. The van der Waals surface area contributed by atoms with Crippen LogP contribution in [0.2, 0.25) is 0 Å². The molecule has 0 radical (unpaired) electrons. The lowest BCUT2D eigenvalue weighted by atomic mass is 9.99. The predicted molar refractivity (Wildman–Crippen MR) is 119 cm³/mol. The highest BCUT2D eigenvalue weighted by atomic mass is 16.5. The Hall–Kier alpha value is -2.93. The van der Waals surface area contributed by atoms with Crippen molar-refractivity contribution in [2.45, 2.75) is 32.4 Å². The number of hydrogen-bond donors (Lipinski definition) is 0. The molecule has 0 amide bonds.